The van der Waals surface area contributed by atoms with E-state index in [1.54, 1.807) is 4.57 Å². The maximum absolute atomic E-state index is 13.6. The van der Waals surface area contributed by atoms with Crippen molar-refractivity contribution >= 4 is 33.8 Å². The lowest BCUT2D eigenvalue weighted by atomic mass is 10.1. The lowest BCUT2D eigenvalue weighted by molar-refractivity contribution is 0.809. The number of hydrogen-bond acceptors (Lipinski definition) is 7. The molecule has 9 heteroatoms. The monoisotopic (exact) mass is 436 g/mol. The highest BCUT2D eigenvalue weighted by Gasteiger charge is 2.15. The van der Waals surface area contributed by atoms with Crippen LogP contribution in [0.15, 0.2) is 53.6 Å². The number of nitrogens with one attached hydrogen (secondary N) is 2. The summed E-state index contributed by atoms with van der Waals surface area (Å²) in [6, 6.07) is 13.0. The first-order valence-electron chi connectivity index (χ1n) is 10.3. The van der Waals surface area contributed by atoms with Gasteiger partial charge in [0, 0.05) is 18.5 Å². The Balaban J connectivity index is 1.57. The first-order chi connectivity index (χ1) is 16.0. The van der Waals surface area contributed by atoms with Gasteiger partial charge in [0.05, 0.1) is 22.9 Å². The number of nitrogens with two attached hydrogens (primary N) is 1. The van der Waals surface area contributed by atoms with Gasteiger partial charge in [-0.3, -0.25) is 9.36 Å². The molecule has 0 bridgehead atoms. The Labute approximate surface area is 188 Å². The van der Waals surface area contributed by atoms with E-state index in [1.807, 2.05) is 49.4 Å². The molecule has 0 unspecified atom stereocenters. The van der Waals surface area contributed by atoms with Gasteiger partial charge in [-0.15, -0.1) is 6.42 Å². The van der Waals surface area contributed by atoms with Crippen molar-refractivity contribution in [2.24, 2.45) is 0 Å². The smallest absolute Gasteiger partial charge is 0.266 e. The number of nitrogens with zero attached hydrogens (tertiary/aromatic N) is 5. The lowest BCUT2D eigenvalue weighted by Gasteiger charge is -2.15. The van der Waals surface area contributed by atoms with Crippen molar-refractivity contribution < 1.29 is 0 Å². The van der Waals surface area contributed by atoms with Crippen LogP contribution in [0.5, 0.6) is 0 Å². The summed E-state index contributed by atoms with van der Waals surface area (Å²) in [6.07, 6.45) is 7.56. The molecule has 0 aliphatic carbocycles. The third-order valence-corrected chi connectivity index (χ3v) is 5.38. The predicted molar refractivity (Wildman–Crippen MR) is 128 cm³/mol. The van der Waals surface area contributed by atoms with Gasteiger partial charge in [-0.1, -0.05) is 24.1 Å². The van der Waals surface area contributed by atoms with E-state index in [0.717, 1.165) is 5.56 Å². The summed E-state index contributed by atoms with van der Waals surface area (Å²) in [5.41, 5.74) is 9.69. The second-order valence-corrected chi connectivity index (χ2v) is 7.54. The second kappa shape index (κ2) is 8.09. The number of aryl methyl sites for hydroxylation is 1. The van der Waals surface area contributed by atoms with Crippen LogP contribution in [-0.2, 0) is 6.42 Å². The Kier molecular flexibility index (Phi) is 4.95. The highest BCUT2D eigenvalue weighted by Crippen LogP contribution is 2.19. The van der Waals surface area contributed by atoms with Crippen molar-refractivity contribution in [3.8, 4) is 18.0 Å². The minimum Gasteiger partial charge on any atom is -0.368 e. The zero-order valence-electron chi connectivity index (χ0n) is 17.8. The fourth-order valence-electron chi connectivity index (χ4n) is 3.88. The minimum absolute atomic E-state index is 0.136. The van der Waals surface area contributed by atoms with Crippen LogP contribution in [0.1, 0.15) is 17.0 Å². The molecule has 0 aliphatic rings. The van der Waals surface area contributed by atoms with E-state index in [-0.39, 0.29) is 11.5 Å². The molecule has 0 amide bonds. The van der Waals surface area contributed by atoms with E-state index in [4.69, 9.17) is 17.1 Å². The SMILES string of the molecule is C#Cc1cccc(-n2c(CCNc3nc(N)nc4[nH]cnc34)nc3cccc(C)c3c2=O)c1. The Hall–Kier alpha value is -4.71. The van der Waals surface area contributed by atoms with E-state index in [2.05, 4.69) is 31.2 Å². The molecule has 0 radical (unpaired) electrons. The van der Waals surface area contributed by atoms with Crippen molar-refractivity contribution in [3.05, 3.63) is 76.1 Å². The number of aromatic amines is 1. The van der Waals surface area contributed by atoms with Crippen molar-refractivity contribution in [3.63, 3.8) is 0 Å². The van der Waals surface area contributed by atoms with Crippen LogP contribution >= 0.6 is 0 Å². The van der Waals surface area contributed by atoms with Gasteiger partial charge in [0.15, 0.2) is 11.5 Å². The molecule has 0 aliphatic heterocycles. The van der Waals surface area contributed by atoms with E-state index < -0.39 is 0 Å². The number of anilines is 2. The predicted octanol–water partition coefficient (Wildman–Crippen LogP) is 2.58. The van der Waals surface area contributed by atoms with Crippen LogP contribution in [0.25, 0.3) is 27.8 Å². The number of terminal acetylenes is 1. The third-order valence-electron chi connectivity index (χ3n) is 5.38. The normalized spacial score (nSPS) is 11.0. The summed E-state index contributed by atoms with van der Waals surface area (Å²) >= 11 is 0. The summed E-state index contributed by atoms with van der Waals surface area (Å²) in [5, 5.41) is 3.83. The number of hydrogen-bond donors (Lipinski definition) is 3. The molecule has 5 aromatic rings. The molecule has 0 saturated heterocycles. The molecule has 0 fully saturated rings. The summed E-state index contributed by atoms with van der Waals surface area (Å²) < 4.78 is 1.62. The Morgan fingerprint density at radius 2 is 2.03 bits per heavy atom. The number of rotatable bonds is 5. The fraction of sp³-hybridized carbons (Fsp3) is 0.125. The average Bonchev–Trinajstić information content (AvgIpc) is 3.27. The Morgan fingerprint density at radius 1 is 1.18 bits per heavy atom. The van der Waals surface area contributed by atoms with Gasteiger partial charge >= 0.3 is 0 Å². The summed E-state index contributed by atoms with van der Waals surface area (Å²) in [6.45, 7) is 2.35. The molecule has 0 spiro atoms. The molecular weight excluding hydrogens is 416 g/mol. The van der Waals surface area contributed by atoms with Crippen LogP contribution in [0, 0.1) is 19.3 Å². The molecule has 0 atom stereocenters. The molecule has 33 heavy (non-hydrogen) atoms. The maximum Gasteiger partial charge on any atom is 0.266 e. The van der Waals surface area contributed by atoms with Crippen LogP contribution < -0.4 is 16.6 Å². The molecule has 4 N–H and O–H groups in total. The van der Waals surface area contributed by atoms with E-state index in [0.29, 0.717) is 57.9 Å². The van der Waals surface area contributed by atoms with Gasteiger partial charge in [0.25, 0.3) is 5.56 Å². The van der Waals surface area contributed by atoms with Gasteiger partial charge in [0.1, 0.15) is 11.3 Å². The topological polar surface area (TPSA) is 127 Å². The van der Waals surface area contributed by atoms with Gasteiger partial charge < -0.3 is 16.0 Å². The zero-order chi connectivity index (χ0) is 22.9. The van der Waals surface area contributed by atoms with E-state index in [9.17, 15) is 4.79 Å². The third kappa shape index (κ3) is 3.64. The second-order valence-electron chi connectivity index (χ2n) is 7.54. The van der Waals surface area contributed by atoms with Crippen molar-refractivity contribution in [2.45, 2.75) is 13.3 Å². The van der Waals surface area contributed by atoms with Gasteiger partial charge in [0.2, 0.25) is 5.95 Å². The number of H-pyrrole nitrogens is 1. The highest BCUT2D eigenvalue weighted by atomic mass is 16.1. The van der Waals surface area contributed by atoms with Crippen LogP contribution in [0.4, 0.5) is 11.8 Å². The summed E-state index contributed by atoms with van der Waals surface area (Å²) in [7, 11) is 0. The van der Waals surface area contributed by atoms with Gasteiger partial charge in [-0.25, -0.2) is 9.97 Å². The van der Waals surface area contributed by atoms with Crippen molar-refractivity contribution in [1.29, 1.82) is 0 Å². The van der Waals surface area contributed by atoms with E-state index in [1.165, 1.54) is 6.33 Å². The molecule has 9 nitrogen and oxygen atoms in total. The molecule has 3 heterocycles. The molecule has 3 aromatic heterocycles. The van der Waals surface area contributed by atoms with Gasteiger partial charge in [-0.2, -0.15) is 9.97 Å². The first kappa shape index (κ1) is 20.2. The summed E-state index contributed by atoms with van der Waals surface area (Å²) in [4.78, 5) is 34.0. The standard InChI is InChI=1S/C24H20N8O/c1-3-15-7-5-8-16(12-15)32-18(29-17-9-4-6-14(2)19(17)23(32)33)10-11-26-21-20-22(28-13-27-20)31-24(25)30-21/h1,4-9,12-13H,10-11H2,2H3,(H4,25,26,27,28,30,31). The first-order valence-corrected chi connectivity index (χ1v) is 10.3. The van der Waals surface area contributed by atoms with Crippen LogP contribution in [0.3, 0.4) is 0 Å². The number of benzene rings is 2. The summed E-state index contributed by atoms with van der Waals surface area (Å²) in [5.74, 6) is 3.87. The quantitative estimate of drug-likeness (QED) is 0.361. The highest BCUT2D eigenvalue weighted by molar-refractivity contribution is 5.83. The maximum atomic E-state index is 13.6. The number of nitrogen functional groups attached to an aromatic ring is 1. The van der Waals surface area contributed by atoms with Crippen LogP contribution in [-0.4, -0.2) is 36.0 Å². The van der Waals surface area contributed by atoms with Crippen LogP contribution in [0.2, 0.25) is 0 Å². The minimum atomic E-state index is -0.136. The zero-order valence-corrected chi connectivity index (χ0v) is 17.8. The number of aromatic nitrogens is 6. The van der Waals surface area contributed by atoms with Crippen molar-refractivity contribution in [2.75, 3.05) is 17.6 Å². The largest absolute Gasteiger partial charge is 0.368 e. The fourth-order valence-corrected chi connectivity index (χ4v) is 3.88. The number of fused-ring (bicyclic) bond motifs is 2. The lowest BCUT2D eigenvalue weighted by Crippen LogP contribution is -2.26. The molecule has 0 saturated carbocycles. The van der Waals surface area contributed by atoms with Gasteiger partial charge in [-0.05, 0) is 36.8 Å². The molecule has 2 aromatic carbocycles. The molecular formula is C24H20N8O. The van der Waals surface area contributed by atoms with E-state index >= 15 is 0 Å². The number of imidazole rings is 1. The molecule has 162 valence electrons. The van der Waals surface area contributed by atoms with Crippen molar-refractivity contribution in [1.82, 2.24) is 29.5 Å². The average molecular weight is 436 g/mol. The Morgan fingerprint density at radius 3 is 2.88 bits per heavy atom. The Bertz CT molecular complexity index is 1610. The molecule has 5 rings (SSSR count).